The van der Waals surface area contributed by atoms with Crippen molar-refractivity contribution < 1.29 is 13.6 Å². The SMILES string of the molecule is CSc1ccc(CNC(=O)c2cc3cc(F)ccc3o2)cc1. The van der Waals surface area contributed by atoms with Crippen LogP contribution in [-0.4, -0.2) is 12.2 Å². The van der Waals surface area contributed by atoms with E-state index in [1.54, 1.807) is 17.8 Å². The smallest absolute Gasteiger partial charge is 0.287 e. The van der Waals surface area contributed by atoms with Gasteiger partial charge in [-0.3, -0.25) is 4.79 Å². The molecule has 0 saturated carbocycles. The summed E-state index contributed by atoms with van der Waals surface area (Å²) in [6.07, 6.45) is 2.02. The van der Waals surface area contributed by atoms with Crippen LogP contribution in [-0.2, 0) is 6.54 Å². The van der Waals surface area contributed by atoms with E-state index in [0.717, 1.165) is 5.56 Å². The van der Waals surface area contributed by atoms with Crippen LogP contribution in [0.4, 0.5) is 4.39 Å². The van der Waals surface area contributed by atoms with E-state index in [1.165, 1.54) is 23.1 Å². The number of benzene rings is 2. The predicted octanol–water partition coefficient (Wildman–Crippen LogP) is 4.22. The van der Waals surface area contributed by atoms with Crippen molar-refractivity contribution in [1.82, 2.24) is 5.32 Å². The normalized spacial score (nSPS) is 10.8. The Balaban J connectivity index is 1.69. The molecular formula is C17H14FNO2S. The molecule has 1 aromatic heterocycles. The summed E-state index contributed by atoms with van der Waals surface area (Å²) in [5.74, 6) is -0.485. The van der Waals surface area contributed by atoms with E-state index in [-0.39, 0.29) is 17.5 Å². The van der Waals surface area contributed by atoms with Crippen LogP contribution >= 0.6 is 11.8 Å². The maximum Gasteiger partial charge on any atom is 0.287 e. The average molecular weight is 315 g/mol. The molecule has 3 nitrogen and oxygen atoms in total. The minimum absolute atomic E-state index is 0.182. The average Bonchev–Trinajstić information content (AvgIpc) is 2.96. The summed E-state index contributed by atoms with van der Waals surface area (Å²) in [7, 11) is 0. The van der Waals surface area contributed by atoms with Crippen molar-refractivity contribution in [3.05, 3.63) is 65.7 Å². The van der Waals surface area contributed by atoms with Gasteiger partial charge in [-0.05, 0) is 48.2 Å². The first-order valence-electron chi connectivity index (χ1n) is 6.76. The van der Waals surface area contributed by atoms with Crippen LogP contribution in [0.5, 0.6) is 0 Å². The van der Waals surface area contributed by atoms with E-state index in [2.05, 4.69) is 5.32 Å². The molecule has 0 aliphatic rings. The molecule has 0 unspecified atom stereocenters. The fourth-order valence-electron chi connectivity index (χ4n) is 2.14. The fourth-order valence-corrected chi connectivity index (χ4v) is 2.55. The Morgan fingerprint density at radius 3 is 2.68 bits per heavy atom. The first-order chi connectivity index (χ1) is 10.7. The quantitative estimate of drug-likeness (QED) is 0.733. The van der Waals surface area contributed by atoms with Gasteiger partial charge in [0.25, 0.3) is 5.91 Å². The van der Waals surface area contributed by atoms with Crippen molar-refractivity contribution in [1.29, 1.82) is 0 Å². The largest absolute Gasteiger partial charge is 0.451 e. The highest BCUT2D eigenvalue weighted by Gasteiger charge is 2.12. The number of fused-ring (bicyclic) bond motifs is 1. The van der Waals surface area contributed by atoms with Crippen LogP contribution < -0.4 is 5.32 Å². The van der Waals surface area contributed by atoms with Gasteiger partial charge in [-0.2, -0.15) is 0 Å². The molecule has 112 valence electrons. The highest BCUT2D eigenvalue weighted by Crippen LogP contribution is 2.20. The second-order valence-corrected chi connectivity index (χ2v) is 5.70. The van der Waals surface area contributed by atoms with Crippen LogP contribution in [0.2, 0.25) is 0 Å². The topological polar surface area (TPSA) is 42.2 Å². The number of nitrogens with one attached hydrogen (secondary N) is 1. The van der Waals surface area contributed by atoms with Crippen molar-refractivity contribution in [2.24, 2.45) is 0 Å². The molecule has 3 aromatic rings. The predicted molar refractivity (Wildman–Crippen MR) is 85.6 cm³/mol. The van der Waals surface area contributed by atoms with Crippen LogP contribution in [0.25, 0.3) is 11.0 Å². The molecule has 0 radical (unpaired) electrons. The van der Waals surface area contributed by atoms with Gasteiger partial charge >= 0.3 is 0 Å². The molecule has 0 fully saturated rings. The van der Waals surface area contributed by atoms with Crippen LogP contribution in [0.15, 0.2) is 57.8 Å². The monoisotopic (exact) mass is 315 g/mol. The lowest BCUT2D eigenvalue weighted by Crippen LogP contribution is -2.22. The molecule has 1 N–H and O–H groups in total. The number of hydrogen-bond acceptors (Lipinski definition) is 3. The number of carbonyl (C=O) groups excluding carboxylic acids is 1. The molecular weight excluding hydrogens is 301 g/mol. The number of amides is 1. The summed E-state index contributed by atoms with van der Waals surface area (Å²) in [5.41, 5.74) is 1.50. The number of carbonyl (C=O) groups is 1. The van der Waals surface area contributed by atoms with Gasteiger partial charge in [0, 0.05) is 16.8 Å². The van der Waals surface area contributed by atoms with E-state index < -0.39 is 0 Å². The third-order valence-corrected chi connectivity index (χ3v) is 4.06. The second-order valence-electron chi connectivity index (χ2n) is 4.82. The first kappa shape index (κ1) is 14.7. The lowest BCUT2D eigenvalue weighted by molar-refractivity contribution is 0.0925. The summed E-state index contributed by atoms with van der Waals surface area (Å²) in [6, 6.07) is 13.7. The summed E-state index contributed by atoms with van der Waals surface area (Å²) in [5, 5.41) is 3.37. The summed E-state index contributed by atoms with van der Waals surface area (Å²) < 4.78 is 18.6. The van der Waals surface area contributed by atoms with Crippen LogP contribution in [0.1, 0.15) is 16.1 Å². The number of hydrogen-bond donors (Lipinski definition) is 1. The highest BCUT2D eigenvalue weighted by molar-refractivity contribution is 7.98. The molecule has 0 aliphatic heterocycles. The standard InChI is InChI=1S/C17H14FNO2S/c1-22-14-5-2-11(3-6-14)10-19-17(20)16-9-12-8-13(18)4-7-15(12)21-16/h2-9H,10H2,1H3,(H,19,20). The zero-order valence-electron chi connectivity index (χ0n) is 11.9. The Bertz CT molecular complexity index is 811. The van der Waals surface area contributed by atoms with Gasteiger partial charge in [0.15, 0.2) is 5.76 Å². The summed E-state index contributed by atoms with van der Waals surface area (Å²) >= 11 is 1.67. The van der Waals surface area contributed by atoms with Gasteiger partial charge in [0.05, 0.1) is 0 Å². The van der Waals surface area contributed by atoms with Gasteiger partial charge in [0.1, 0.15) is 11.4 Å². The summed E-state index contributed by atoms with van der Waals surface area (Å²) in [4.78, 5) is 13.3. The second kappa shape index (κ2) is 6.23. The molecule has 1 amide bonds. The lowest BCUT2D eigenvalue weighted by atomic mass is 10.2. The lowest BCUT2D eigenvalue weighted by Gasteiger charge is -2.04. The van der Waals surface area contributed by atoms with Gasteiger partial charge in [-0.25, -0.2) is 4.39 Å². The molecule has 3 rings (SSSR count). The van der Waals surface area contributed by atoms with Crippen molar-refractivity contribution in [3.63, 3.8) is 0 Å². The maximum absolute atomic E-state index is 13.1. The highest BCUT2D eigenvalue weighted by atomic mass is 32.2. The molecule has 5 heteroatoms. The third kappa shape index (κ3) is 3.14. The third-order valence-electron chi connectivity index (χ3n) is 3.31. The minimum atomic E-state index is -0.353. The van der Waals surface area contributed by atoms with Gasteiger partial charge in [-0.15, -0.1) is 11.8 Å². The number of thioether (sulfide) groups is 1. The van der Waals surface area contributed by atoms with Crippen LogP contribution in [0.3, 0.4) is 0 Å². The van der Waals surface area contributed by atoms with E-state index in [1.807, 2.05) is 30.5 Å². The zero-order chi connectivity index (χ0) is 15.5. The molecule has 0 saturated heterocycles. The molecule has 1 heterocycles. The molecule has 2 aromatic carbocycles. The number of rotatable bonds is 4. The van der Waals surface area contributed by atoms with E-state index in [0.29, 0.717) is 17.5 Å². The van der Waals surface area contributed by atoms with Crippen molar-refractivity contribution in [3.8, 4) is 0 Å². The Labute approximate surface area is 131 Å². The number of halogens is 1. The Kier molecular flexibility index (Phi) is 4.15. The van der Waals surface area contributed by atoms with Gasteiger partial charge in [-0.1, -0.05) is 12.1 Å². The zero-order valence-corrected chi connectivity index (χ0v) is 12.7. The van der Waals surface area contributed by atoms with Gasteiger partial charge in [0.2, 0.25) is 0 Å². The molecule has 0 bridgehead atoms. The van der Waals surface area contributed by atoms with Crippen LogP contribution in [0, 0.1) is 5.82 Å². The Morgan fingerprint density at radius 1 is 1.18 bits per heavy atom. The van der Waals surface area contributed by atoms with Crippen molar-refractivity contribution >= 4 is 28.6 Å². The fraction of sp³-hybridized carbons (Fsp3) is 0.118. The van der Waals surface area contributed by atoms with Gasteiger partial charge < -0.3 is 9.73 Å². The Morgan fingerprint density at radius 2 is 1.95 bits per heavy atom. The number of furan rings is 1. The molecule has 0 aliphatic carbocycles. The Hall–Kier alpha value is -2.27. The molecule has 0 spiro atoms. The first-order valence-corrected chi connectivity index (χ1v) is 7.98. The van der Waals surface area contributed by atoms with Crippen molar-refractivity contribution in [2.75, 3.05) is 6.26 Å². The molecule has 0 atom stereocenters. The maximum atomic E-state index is 13.1. The summed E-state index contributed by atoms with van der Waals surface area (Å²) in [6.45, 7) is 0.416. The van der Waals surface area contributed by atoms with E-state index >= 15 is 0 Å². The van der Waals surface area contributed by atoms with E-state index in [4.69, 9.17) is 4.42 Å². The minimum Gasteiger partial charge on any atom is -0.451 e. The van der Waals surface area contributed by atoms with Crippen molar-refractivity contribution in [2.45, 2.75) is 11.4 Å². The molecule has 22 heavy (non-hydrogen) atoms. The van der Waals surface area contributed by atoms with E-state index in [9.17, 15) is 9.18 Å².